The summed E-state index contributed by atoms with van der Waals surface area (Å²) in [4.78, 5) is 18.1. The molecule has 0 saturated carbocycles. The van der Waals surface area contributed by atoms with Crippen LogP contribution >= 0.6 is 0 Å². The topological polar surface area (TPSA) is 85.9 Å². The Labute approximate surface area is 123 Å². The summed E-state index contributed by atoms with van der Waals surface area (Å²) < 4.78 is 0. The van der Waals surface area contributed by atoms with Crippen LogP contribution in [0.4, 0.5) is 16.3 Å². The molecular formula is C14H20N6O. The Morgan fingerprint density at radius 3 is 2.76 bits per heavy atom. The van der Waals surface area contributed by atoms with Crippen molar-refractivity contribution in [2.75, 3.05) is 24.3 Å². The Morgan fingerprint density at radius 2 is 2.14 bits per heavy atom. The van der Waals surface area contributed by atoms with Crippen LogP contribution < -0.4 is 15.5 Å². The van der Waals surface area contributed by atoms with Gasteiger partial charge in [-0.2, -0.15) is 5.10 Å². The predicted octanol–water partition coefficient (Wildman–Crippen LogP) is 1.81. The largest absolute Gasteiger partial charge is 0.363 e. The molecule has 0 aromatic carbocycles. The van der Waals surface area contributed by atoms with E-state index in [4.69, 9.17) is 0 Å². The van der Waals surface area contributed by atoms with Crippen molar-refractivity contribution < 1.29 is 4.79 Å². The van der Waals surface area contributed by atoms with E-state index in [9.17, 15) is 4.79 Å². The van der Waals surface area contributed by atoms with Crippen LogP contribution in [0.5, 0.6) is 0 Å². The van der Waals surface area contributed by atoms with Gasteiger partial charge < -0.3 is 15.5 Å². The lowest BCUT2D eigenvalue weighted by molar-refractivity contribution is 0.251. The maximum atomic E-state index is 11.9. The lowest BCUT2D eigenvalue weighted by atomic mass is 10.2. The average molecular weight is 288 g/mol. The normalized spacial score (nSPS) is 10.3. The Balaban J connectivity index is 1.94. The van der Waals surface area contributed by atoms with Crippen molar-refractivity contribution in [2.24, 2.45) is 0 Å². The van der Waals surface area contributed by atoms with E-state index < -0.39 is 0 Å². The van der Waals surface area contributed by atoms with Crippen molar-refractivity contribution in [1.29, 1.82) is 0 Å². The minimum absolute atomic E-state index is 0.259. The fraction of sp³-hybridized carbons (Fsp3) is 0.357. The number of urea groups is 1. The highest BCUT2D eigenvalue weighted by atomic mass is 16.2. The molecule has 2 rings (SSSR count). The zero-order valence-electron chi connectivity index (χ0n) is 12.7. The summed E-state index contributed by atoms with van der Waals surface area (Å²) in [6.07, 6.45) is 1.73. The van der Waals surface area contributed by atoms with Gasteiger partial charge in [0.25, 0.3) is 0 Å². The third-order valence-electron chi connectivity index (χ3n) is 3.09. The van der Waals surface area contributed by atoms with Gasteiger partial charge in [0.15, 0.2) is 0 Å². The maximum Gasteiger partial charge on any atom is 0.319 e. The first-order chi connectivity index (χ1) is 9.97. The van der Waals surface area contributed by atoms with E-state index in [0.29, 0.717) is 6.54 Å². The lowest BCUT2D eigenvalue weighted by Crippen LogP contribution is -2.28. The second-order valence-electron chi connectivity index (χ2n) is 5.03. The molecule has 0 atom stereocenters. The molecule has 0 fully saturated rings. The summed E-state index contributed by atoms with van der Waals surface area (Å²) in [6.45, 7) is 4.14. The molecule has 2 heterocycles. The standard InChI is InChI=1S/C14H20N6O/c1-9-13(10(2)19-18-9)17-14(21)16-8-11-5-6-15-12(7-11)20(3)4/h5-7H,8H2,1-4H3,(H,18,19)(H2,16,17,21). The summed E-state index contributed by atoms with van der Waals surface area (Å²) in [5.41, 5.74) is 3.31. The molecular weight excluding hydrogens is 268 g/mol. The lowest BCUT2D eigenvalue weighted by Gasteiger charge is -2.12. The van der Waals surface area contributed by atoms with Crippen LogP contribution in [0.3, 0.4) is 0 Å². The number of nitrogens with one attached hydrogen (secondary N) is 3. The zero-order chi connectivity index (χ0) is 15.4. The number of aromatic amines is 1. The molecule has 7 nitrogen and oxygen atoms in total. The van der Waals surface area contributed by atoms with Gasteiger partial charge in [0.05, 0.1) is 17.1 Å². The quantitative estimate of drug-likeness (QED) is 0.801. The van der Waals surface area contributed by atoms with Crippen LogP contribution in [0.25, 0.3) is 0 Å². The Morgan fingerprint density at radius 1 is 1.38 bits per heavy atom. The van der Waals surface area contributed by atoms with Crippen molar-refractivity contribution in [2.45, 2.75) is 20.4 Å². The summed E-state index contributed by atoms with van der Waals surface area (Å²) in [5.74, 6) is 0.858. The smallest absolute Gasteiger partial charge is 0.319 e. The number of H-pyrrole nitrogens is 1. The van der Waals surface area contributed by atoms with Crippen LogP contribution in [-0.2, 0) is 6.54 Å². The van der Waals surface area contributed by atoms with Gasteiger partial charge in [0.1, 0.15) is 5.82 Å². The molecule has 112 valence electrons. The number of pyridine rings is 1. The number of hydrogen-bond donors (Lipinski definition) is 3. The van der Waals surface area contributed by atoms with Gasteiger partial charge >= 0.3 is 6.03 Å². The molecule has 0 bridgehead atoms. The Hall–Kier alpha value is -2.57. The van der Waals surface area contributed by atoms with Gasteiger partial charge in [-0.3, -0.25) is 5.10 Å². The fourth-order valence-corrected chi connectivity index (χ4v) is 1.89. The molecule has 2 aromatic heterocycles. The van der Waals surface area contributed by atoms with E-state index in [1.54, 1.807) is 6.20 Å². The highest BCUT2D eigenvalue weighted by Crippen LogP contribution is 2.15. The van der Waals surface area contributed by atoms with Crippen molar-refractivity contribution >= 4 is 17.5 Å². The molecule has 0 radical (unpaired) electrons. The first-order valence-corrected chi connectivity index (χ1v) is 6.66. The Bertz CT molecular complexity index is 615. The predicted molar refractivity (Wildman–Crippen MR) is 82.5 cm³/mol. The molecule has 0 spiro atoms. The molecule has 0 aliphatic rings. The molecule has 0 aliphatic carbocycles. The maximum absolute atomic E-state index is 11.9. The van der Waals surface area contributed by atoms with Gasteiger partial charge in [-0.25, -0.2) is 9.78 Å². The number of carbonyl (C=O) groups is 1. The fourth-order valence-electron chi connectivity index (χ4n) is 1.89. The van der Waals surface area contributed by atoms with Gasteiger partial charge in [0, 0.05) is 26.8 Å². The zero-order valence-corrected chi connectivity index (χ0v) is 12.7. The summed E-state index contributed by atoms with van der Waals surface area (Å²) in [5, 5.41) is 12.5. The number of rotatable bonds is 4. The van der Waals surface area contributed by atoms with E-state index in [1.165, 1.54) is 0 Å². The van der Waals surface area contributed by atoms with Gasteiger partial charge in [0.2, 0.25) is 0 Å². The number of hydrogen-bond acceptors (Lipinski definition) is 4. The third kappa shape index (κ3) is 3.71. The number of anilines is 2. The van der Waals surface area contributed by atoms with Crippen LogP contribution in [0.1, 0.15) is 17.0 Å². The van der Waals surface area contributed by atoms with Crippen LogP contribution in [0, 0.1) is 13.8 Å². The number of aromatic nitrogens is 3. The second-order valence-corrected chi connectivity index (χ2v) is 5.03. The van der Waals surface area contributed by atoms with Crippen molar-refractivity contribution in [1.82, 2.24) is 20.5 Å². The minimum Gasteiger partial charge on any atom is -0.363 e. The van der Waals surface area contributed by atoms with Gasteiger partial charge in [-0.1, -0.05) is 0 Å². The van der Waals surface area contributed by atoms with Crippen molar-refractivity contribution in [3.8, 4) is 0 Å². The van der Waals surface area contributed by atoms with E-state index in [-0.39, 0.29) is 6.03 Å². The monoisotopic (exact) mass is 288 g/mol. The third-order valence-corrected chi connectivity index (χ3v) is 3.09. The first-order valence-electron chi connectivity index (χ1n) is 6.66. The molecule has 0 saturated heterocycles. The Kier molecular flexibility index (Phi) is 4.42. The van der Waals surface area contributed by atoms with E-state index in [2.05, 4.69) is 25.8 Å². The molecule has 2 amide bonds. The van der Waals surface area contributed by atoms with Gasteiger partial charge in [-0.15, -0.1) is 0 Å². The molecule has 3 N–H and O–H groups in total. The highest BCUT2D eigenvalue weighted by Gasteiger charge is 2.09. The molecule has 21 heavy (non-hydrogen) atoms. The van der Waals surface area contributed by atoms with Crippen molar-refractivity contribution in [3.63, 3.8) is 0 Å². The second kappa shape index (κ2) is 6.25. The minimum atomic E-state index is -0.259. The SMILES string of the molecule is Cc1n[nH]c(C)c1NC(=O)NCc1ccnc(N(C)C)c1. The highest BCUT2D eigenvalue weighted by molar-refractivity contribution is 5.90. The van der Waals surface area contributed by atoms with Crippen molar-refractivity contribution in [3.05, 3.63) is 35.3 Å². The summed E-state index contributed by atoms with van der Waals surface area (Å²) >= 11 is 0. The summed E-state index contributed by atoms with van der Waals surface area (Å²) in [7, 11) is 3.85. The average Bonchev–Trinajstić information content (AvgIpc) is 2.77. The molecule has 7 heteroatoms. The first kappa shape index (κ1) is 14.8. The number of nitrogens with zero attached hydrogens (tertiary/aromatic N) is 3. The van der Waals surface area contributed by atoms with E-state index in [1.807, 2.05) is 45.0 Å². The van der Waals surface area contributed by atoms with E-state index >= 15 is 0 Å². The van der Waals surface area contributed by atoms with Crippen LogP contribution in [0.2, 0.25) is 0 Å². The number of amides is 2. The van der Waals surface area contributed by atoms with Crippen LogP contribution in [0.15, 0.2) is 18.3 Å². The number of carbonyl (C=O) groups excluding carboxylic acids is 1. The van der Waals surface area contributed by atoms with Gasteiger partial charge in [-0.05, 0) is 31.5 Å². The molecule has 0 aliphatic heterocycles. The van der Waals surface area contributed by atoms with E-state index in [0.717, 1.165) is 28.5 Å². The molecule has 2 aromatic rings. The van der Waals surface area contributed by atoms with Crippen LogP contribution in [-0.4, -0.2) is 35.3 Å². The number of aryl methyl sites for hydroxylation is 2. The summed E-state index contributed by atoms with van der Waals surface area (Å²) in [6, 6.07) is 3.56. The molecule has 0 unspecified atom stereocenters.